The number of nitrogens with zero attached hydrogens (tertiary/aromatic N) is 2. The van der Waals surface area contributed by atoms with Crippen LogP contribution in [0.4, 0.5) is 4.79 Å². The maximum atomic E-state index is 12.0. The average Bonchev–Trinajstić information content (AvgIpc) is 3.34. The van der Waals surface area contributed by atoms with Crippen LogP contribution in [0.3, 0.4) is 0 Å². The van der Waals surface area contributed by atoms with Gasteiger partial charge in [0.1, 0.15) is 0 Å². The van der Waals surface area contributed by atoms with Crippen molar-refractivity contribution in [2.45, 2.75) is 31.7 Å². The van der Waals surface area contributed by atoms with Gasteiger partial charge in [-0.05, 0) is 43.9 Å². The smallest absolute Gasteiger partial charge is 0.317 e. The van der Waals surface area contributed by atoms with Gasteiger partial charge >= 0.3 is 6.03 Å². The normalized spacial score (nSPS) is 19.2. The van der Waals surface area contributed by atoms with E-state index in [9.17, 15) is 4.79 Å². The third kappa shape index (κ3) is 4.37. The van der Waals surface area contributed by atoms with Crippen LogP contribution in [0.1, 0.15) is 24.8 Å². The van der Waals surface area contributed by atoms with E-state index in [4.69, 9.17) is 11.6 Å². The predicted molar refractivity (Wildman–Crippen MR) is 89.3 cm³/mol. The van der Waals surface area contributed by atoms with Gasteiger partial charge in [0.25, 0.3) is 0 Å². The molecular formula is C17H24ClN3O. The highest BCUT2D eigenvalue weighted by molar-refractivity contribution is 6.31. The zero-order chi connectivity index (χ0) is 15.4. The molecule has 1 saturated heterocycles. The number of piperazine rings is 1. The topological polar surface area (TPSA) is 35.6 Å². The van der Waals surface area contributed by atoms with Gasteiger partial charge in [0.05, 0.1) is 0 Å². The number of hydrogen-bond donors (Lipinski definition) is 1. The number of urea groups is 1. The molecule has 3 rings (SSSR count). The Morgan fingerprint density at radius 3 is 2.59 bits per heavy atom. The van der Waals surface area contributed by atoms with E-state index in [0.717, 1.165) is 63.4 Å². The molecule has 1 aliphatic heterocycles. The molecule has 0 spiro atoms. The highest BCUT2D eigenvalue weighted by Gasteiger charge is 2.27. The Morgan fingerprint density at radius 2 is 1.91 bits per heavy atom. The summed E-state index contributed by atoms with van der Waals surface area (Å²) in [6, 6.07) is 8.63. The van der Waals surface area contributed by atoms with Crippen molar-refractivity contribution in [1.82, 2.24) is 15.1 Å². The van der Waals surface area contributed by atoms with Gasteiger partial charge in [0.15, 0.2) is 0 Å². The van der Waals surface area contributed by atoms with Crippen LogP contribution in [0.15, 0.2) is 24.3 Å². The van der Waals surface area contributed by atoms with Gasteiger partial charge in [0, 0.05) is 37.2 Å². The number of benzene rings is 1. The highest BCUT2D eigenvalue weighted by Crippen LogP contribution is 2.19. The van der Waals surface area contributed by atoms with E-state index >= 15 is 0 Å². The van der Waals surface area contributed by atoms with Gasteiger partial charge in [-0.3, -0.25) is 4.90 Å². The summed E-state index contributed by atoms with van der Waals surface area (Å²) < 4.78 is 0. The first-order chi connectivity index (χ1) is 10.7. The molecule has 2 aliphatic rings. The van der Waals surface area contributed by atoms with E-state index in [1.807, 2.05) is 23.1 Å². The van der Waals surface area contributed by atoms with Gasteiger partial charge < -0.3 is 10.2 Å². The molecule has 0 aromatic heterocycles. The summed E-state index contributed by atoms with van der Waals surface area (Å²) >= 11 is 6.18. The molecule has 1 aromatic carbocycles. The number of carbonyl (C=O) groups excluding carboxylic acids is 1. The molecule has 4 nitrogen and oxygen atoms in total. The molecule has 120 valence electrons. The molecule has 1 aromatic rings. The molecule has 2 amide bonds. The van der Waals surface area contributed by atoms with Crippen molar-refractivity contribution < 1.29 is 4.79 Å². The maximum absolute atomic E-state index is 12.0. The Balaban J connectivity index is 1.35. The first kappa shape index (κ1) is 15.6. The van der Waals surface area contributed by atoms with Crippen molar-refractivity contribution in [3.05, 3.63) is 34.9 Å². The lowest BCUT2D eigenvalue weighted by molar-refractivity contribution is 0.138. The van der Waals surface area contributed by atoms with Gasteiger partial charge in [-0.25, -0.2) is 4.79 Å². The van der Waals surface area contributed by atoms with Gasteiger partial charge in [0.2, 0.25) is 0 Å². The maximum Gasteiger partial charge on any atom is 0.317 e. The first-order valence-electron chi connectivity index (χ1n) is 8.23. The Hall–Kier alpha value is -1.26. The van der Waals surface area contributed by atoms with Gasteiger partial charge in [-0.2, -0.15) is 0 Å². The third-order valence-corrected chi connectivity index (χ3v) is 4.81. The minimum absolute atomic E-state index is 0.123. The van der Waals surface area contributed by atoms with Crippen molar-refractivity contribution in [3.63, 3.8) is 0 Å². The standard InChI is InChI=1S/C17H24ClN3O/c18-16-6-2-1-4-14(16)5-3-9-20-10-12-21(13-11-20)17(22)19-15-7-8-15/h1-2,4,6,15H,3,5,7-13H2,(H,19,22). The molecule has 0 atom stereocenters. The summed E-state index contributed by atoms with van der Waals surface area (Å²) in [6.45, 7) is 4.69. The van der Waals surface area contributed by atoms with Crippen molar-refractivity contribution in [3.8, 4) is 0 Å². The summed E-state index contributed by atoms with van der Waals surface area (Å²) in [6.07, 6.45) is 4.42. The van der Waals surface area contributed by atoms with Crippen LogP contribution in [0, 0.1) is 0 Å². The van der Waals surface area contributed by atoms with E-state index in [-0.39, 0.29) is 6.03 Å². The fourth-order valence-electron chi connectivity index (χ4n) is 2.86. The number of rotatable bonds is 5. The number of aryl methyl sites for hydroxylation is 1. The minimum Gasteiger partial charge on any atom is -0.335 e. The van der Waals surface area contributed by atoms with Crippen LogP contribution in [0.2, 0.25) is 5.02 Å². The van der Waals surface area contributed by atoms with E-state index in [0.29, 0.717) is 6.04 Å². The molecule has 2 fully saturated rings. The Bertz CT molecular complexity index is 510. The third-order valence-electron chi connectivity index (χ3n) is 4.44. The van der Waals surface area contributed by atoms with Crippen molar-refractivity contribution in [1.29, 1.82) is 0 Å². The zero-order valence-corrected chi connectivity index (χ0v) is 13.7. The van der Waals surface area contributed by atoms with Crippen LogP contribution in [-0.2, 0) is 6.42 Å². The Labute approximate surface area is 137 Å². The molecule has 1 aliphatic carbocycles. The summed E-state index contributed by atoms with van der Waals surface area (Å²) in [5.41, 5.74) is 1.23. The Morgan fingerprint density at radius 1 is 1.18 bits per heavy atom. The van der Waals surface area contributed by atoms with Gasteiger partial charge in [-0.1, -0.05) is 29.8 Å². The van der Waals surface area contributed by atoms with Crippen LogP contribution >= 0.6 is 11.6 Å². The monoisotopic (exact) mass is 321 g/mol. The van der Waals surface area contributed by atoms with Crippen LogP contribution in [0.5, 0.6) is 0 Å². The second-order valence-electron chi connectivity index (χ2n) is 6.25. The predicted octanol–water partition coefficient (Wildman–Crippen LogP) is 2.76. The van der Waals surface area contributed by atoms with Gasteiger partial charge in [-0.15, -0.1) is 0 Å². The lowest BCUT2D eigenvalue weighted by atomic mass is 10.1. The minimum atomic E-state index is 0.123. The molecular weight excluding hydrogens is 298 g/mol. The van der Waals surface area contributed by atoms with E-state index in [1.165, 1.54) is 5.56 Å². The summed E-state index contributed by atoms with van der Waals surface area (Å²) in [7, 11) is 0. The summed E-state index contributed by atoms with van der Waals surface area (Å²) in [5, 5.41) is 3.93. The number of nitrogens with one attached hydrogen (secondary N) is 1. The van der Waals surface area contributed by atoms with Crippen molar-refractivity contribution in [2.24, 2.45) is 0 Å². The second kappa shape index (κ2) is 7.34. The molecule has 5 heteroatoms. The molecule has 0 radical (unpaired) electrons. The largest absolute Gasteiger partial charge is 0.335 e. The number of carbonyl (C=O) groups is 1. The zero-order valence-electron chi connectivity index (χ0n) is 12.9. The fourth-order valence-corrected chi connectivity index (χ4v) is 3.09. The second-order valence-corrected chi connectivity index (χ2v) is 6.65. The van der Waals surface area contributed by atoms with E-state index in [1.54, 1.807) is 0 Å². The van der Waals surface area contributed by atoms with Crippen molar-refractivity contribution >= 4 is 17.6 Å². The molecule has 1 N–H and O–H groups in total. The number of amides is 2. The fraction of sp³-hybridized carbons (Fsp3) is 0.588. The van der Waals surface area contributed by atoms with E-state index in [2.05, 4.69) is 16.3 Å². The summed E-state index contributed by atoms with van der Waals surface area (Å²) in [4.78, 5) is 16.4. The van der Waals surface area contributed by atoms with Crippen LogP contribution in [-0.4, -0.2) is 54.6 Å². The first-order valence-corrected chi connectivity index (χ1v) is 8.61. The van der Waals surface area contributed by atoms with Crippen molar-refractivity contribution in [2.75, 3.05) is 32.7 Å². The lowest BCUT2D eigenvalue weighted by Crippen LogP contribution is -2.52. The molecule has 0 unspecified atom stereocenters. The quantitative estimate of drug-likeness (QED) is 0.905. The number of hydrogen-bond acceptors (Lipinski definition) is 2. The molecule has 1 saturated carbocycles. The molecule has 0 bridgehead atoms. The van der Waals surface area contributed by atoms with Crippen LogP contribution in [0.25, 0.3) is 0 Å². The van der Waals surface area contributed by atoms with Crippen LogP contribution < -0.4 is 5.32 Å². The summed E-state index contributed by atoms with van der Waals surface area (Å²) in [5.74, 6) is 0. The molecule has 1 heterocycles. The average molecular weight is 322 g/mol. The number of halogens is 1. The van der Waals surface area contributed by atoms with E-state index < -0.39 is 0 Å². The SMILES string of the molecule is O=C(NC1CC1)N1CCN(CCCc2ccccc2Cl)CC1. The highest BCUT2D eigenvalue weighted by atomic mass is 35.5. The lowest BCUT2D eigenvalue weighted by Gasteiger charge is -2.34. The molecule has 22 heavy (non-hydrogen) atoms. The Kier molecular flexibility index (Phi) is 5.21.